The van der Waals surface area contributed by atoms with E-state index < -0.39 is 24.2 Å². The smallest absolute Gasteiger partial charge is 0.266 e. The summed E-state index contributed by atoms with van der Waals surface area (Å²) >= 11 is 5.90. The summed E-state index contributed by atoms with van der Waals surface area (Å²) in [5.74, 6) is -2.40. The van der Waals surface area contributed by atoms with E-state index in [0.717, 1.165) is 16.7 Å². The topological polar surface area (TPSA) is 69.7 Å². The first kappa shape index (κ1) is 15.5. The van der Waals surface area contributed by atoms with Gasteiger partial charge in [-0.3, -0.25) is 9.69 Å². The molecule has 1 saturated heterocycles. The molecule has 5 nitrogen and oxygen atoms in total. The van der Waals surface area contributed by atoms with Crippen LogP contribution in [0.5, 0.6) is 5.75 Å². The SMILES string of the molecule is COc1ccc(/C=C2\SC(=S)N(CC(=O)[O-])C2=O)cc1F. The number of ether oxygens (including phenoxy) is 1. The lowest BCUT2D eigenvalue weighted by Crippen LogP contribution is -2.40. The predicted octanol–water partition coefficient (Wildman–Crippen LogP) is 0.785. The Labute approximate surface area is 129 Å². The Balaban J connectivity index is 2.26. The number of nitrogens with zero attached hydrogens (tertiary/aromatic N) is 1. The van der Waals surface area contributed by atoms with Crippen LogP contribution < -0.4 is 9.84 Å². The van der Waals surface area contributed by atoms with E-state index in [2.05, 4.69) is 0 Å². The molecular weight excluding hydrogens is 317 g/mol. The first-order chi connectivity index (χ1) is 9.92. The Morgan fingerprint density at radius 1 is 1.57 bits per heavy atom. The number of hydrogen-bond acceptors (Lipinski definition) is 6. The van der Waals surface area contributed by atoms with Gasteiger partial charge in [0.1, 0.15) is 4.32 Å². The minimum absolute atomic E-state index is 0.0941. The number of aliphatic carboxylic acids is 1. The average molecular weight is 326 g/mol. The molecule has 0 radical (unpaired) electrons. The van der Waals surface area contributed by atoms with Gasteiger partial charge in [-0.2, -0.15) is 0 Å². The molecule has 0 aromatic heterocycles. The number of thiocarbonyl (C=S) groups is 1. The Kier molecular flexibility index (Phi) is 4.59. The molecule has 0 aliphatic carbocycles. The normalized spacial score (nSPS) is 16.7. The molecule has 1 aromatic carbocycles. The van der Waals surface area contributed by atoms with E-state index in [-0.39, 0.29) is 15.0 Å². The minimum atomic E-state index is -1.40. The molecule has 1 aromatic rings. The van der Waals surface area contributed by atoms with E-state index in [1.165, 1.54) is 25.3 Å². The van der Waals surface area contributed by atoms with Crippen molar-refractivity contribution in [3.8, 4) is 5.75 Å². The van der Waals surface area contributed by atoms with Crippen LogP contribution in [-0.4, -0.2) is 34.8 Å². The molecule has 8 heteroatoms. The summed E-state index contributed by atoms with van der Waals surface area (Å²) in [6.45, 7) is -0.598. The number of carbonyl (C=O) groups is 2. The molecule has 0 bridgehead atoms. The molecule has 1 heterocycles. The number of carboxylic acids is 1. The third-order valence-corrected chi connectivity index (χ3v) is 4.01. The van der Waals surface area contributed by atoms with Gasteiger partial charge in [0, 0.05) is 0 Å². The average Bonchev–Trinajstić information content (AvgIpc) is 2.66. The van der Waals surface area contributed by atoms with Crippen molar-refractivity contribution in [2.24, 2.45) is 0 Å². The number of methoxy groups -OCH3 is 1. The van der Waals surface area contributed by atoms with Crippen LogP contribution in [0.4, 0.5) is 4.39 Å². The molecule has 0 saturated carbocycles. The van der Waals surface area contributed by atoms with E-state index in [1.54, 1.807) is 6.07 Å². The minimum Gasteiger partial charge on any atom is -0.548 e. The van der Waals surface area contributed by atoms with Crippen molar-refractivity contribution in [2.75, 3.05) is 13.7 Å². The fourth-order valence-electron chi connectivity index (χ4n) is 1.69. The van der Waals surface area contributed by atoms with Gasteiger partial charge in [0.25, 0.3) is 5.91 Å². The van der Waals surface area contributed by atoms with Crippen molar-refractivity contribution in [2.45, 2.75) is 0 Å². The van der Waals surface area contributed by atoms with Crippen LogP contribution in [0.1, 0.15) is 5.56 Å². The quantitative estimate of drug-likeness (QED) is 0.602. The molecule has 0 atom stereocenters. The lowest BCUT2D eigenvalue weighted by molar-refractivity contribution is -0.305. The molecule has 1 fully saturated rings. The predicted molar refractivity (Wildman–Crippen MR) is 77.8 cm³/mol. The molecule has 1 aliphatic heterocycles. The van der Waals surface area contributed by atoms with Crippen molar-refractivity contribution < 1.29 is 23.8 Å². The zero-order valence-corrected chi connectivity index (χ0v) is 12.4. The number of carbonyl (C=O) groups excluding carboxylic acids is 2. The standard InChI is InChI=1S/C13H10FNO4S2/c1-19-9-3-2-7(4-8(9)14)5-10-12(18)15(6-11(16)17)13(20)21-10/h2-5H,6H2,1H3,(H,16,17)/p-1/b10-5-. The highest BCUT2D eigenvalue weighted by atomic mass is 32.2. The van der Waals surface area contributed by atoms with Gasteiger partial charge >= 0.3 is 0 Å². The lowest BCUT2D eigenvalue weighted by atomic mass is 10.2. The Bertz CT molecular complexity index is 660. The third-order valence-electron chi connectivity index (χ3n) is 2.63. The molecule has 21 heavy (non-hydrogen) atoms. The highest BCUT2D eigenvalue weighted by Crippen LogP contribution is 2.32. The first-order valence-corrected chi connectivity index (χ1v) is 6.93. The molecule has 110 valence electrons. The Morgan fingerprint density at radius 2 is 2.29 bits per heavy atom. The lowest BCUT2D eigenvalue weighted by Gasteiger charge is -2.14. The van der Waals surface area contributed by atoms with Gasteiger partial charge in [0.05, 0.1) is 24.5 Å². The van der Waals surface area contributed by atoms with Gasteiger partial charge < -0.3 is 14.6 Å². The molecule has 0 spiro atoms. The second kappa shape index (κ2) is 6.23. The van der Waals surface area contributed by atoms with Crippen LogP contribution in [-0.2, 0) is 9.59 Å². The first-order valence-electron chi connectivity index (χ1n) is 5.71. The largest absolute Gasteiger partial charge is 0.548 e. The number of thioether (sulfide) groups is 1. The maximum atomic E-state index is 13.6. The van der Waals surface area contributed by atoms with Crippen molar-refractivity contribution >= 4 is 46.3 Å². The van der Waals surface area contributed by atoms with Crippen LogP contribution >= 0.6 is 24.0 Å². The fraction of sp³-hybridized carbons (Fsp3) is 0.154. The number of carboxylic acid groups (broad SMARTS) is 1. The van der Waals surface area contributed by atoms with Crippen molar-refractivity contribution in [1.82, 2.24) is 4.90 Å². The van der Waals surface area contributed by atoms with Gasteiger partial charge in [0.15, 0.2) is 11.6 Å². The number of benzene rings is 1. The van der Waals surface area contributed by atoms with Gasteiger partial charge in [-0.25, -0.2) is 4.39 Å². The molecule has 2 rings (SSSR count). The number of rotatable bonds is 4. The summed E-state index contributed by atoms with van der Waals surface area (Å²) < 4.78 is 18.5. The third kappa shape index (κ3) is 3.40. The van der Waals surface area contributed by atoms with Crippen LogP contribution in [0.2, 0.25) is 0 Å². The van der Waals surface area contributed by atoms with Crippen molar-refractivity contribution in [1.29, 1.82) is 0 Å². The van der Waals surface area contributed by atoms with Gasteiger partial charge in [-0.15, -0.1) is 0 Å². The molecule has 1 aliphatic rings. The summed E-state index contributed by atoms with van der Waals surface area (Å²) in [5, 5.41) is 10.6. The second-order valence-electron chi connectivity index (χ2n) is 4.03. The fourth-order valence-corrected chi connectivity index (χ4v) is 2.94. The second-order valence-corrected chi connectivity index (χ2v) is 5.71. The van der Waals surface area contributed by atoms with E-state index in [9.17, 15) is 19.1 Å². The van der Waals surface area contributed by atoms with Crippen LogP contribution in [0.3, 0.4) is 0 Å². The van der Waals surface area contributed by atoms with Gasteiger partial charge in [-0.05, 0) is 23.8 Å². The number of halogens is 1. The monoisotopic (exact) mass is 326 g/mol. The summed E-state index contributed by atoms with van der Waals surface area (Å²) in [5.41, 5.74) is 0.447. The molecule has 0 unspecified atom stereocenters. The van der Waals surface area contributed by atoms with Gasteiger partial charge in [-0.1, -0.05) is 30.0 Å². The van der Waals surface area contributed by atoms with Crippen molar-refractivity contribution in [3.05, 3.63) is 34.5 Å². The highest BCUT2D eigenvalue weighted by Gasteiger charge is 2.31. The van der Waals surface area contributed by atoms with E-state index in [4.69, 9.17) is 17.0 Å². The number of amides is 1. The van der Waals surface area contributed by atoms with Crippen LogP contribution in [0.25, 0.3) is 6.08 Å². The van der Waals surface area contributed by atoms with Crippen LogP contribution in [0, 0.1) is 5.82 Å². The summed E-state index contributed by atoms with van der Waals surface area (Å²) in [6.07, 6.45) is 1.44. The van der Waals surface area contributed by atoms with Crippen molar-refractivity contribution in [3.63, 3.8) is 0 Å². The zero-order valence-electron chi connectivity index (χ0n) is 10.8. The Hall–Kier alpha value is -1.93. The highest BCUT2D eigenvalue weighted by molar-refractivity contribution is 8.26. The molecule has 1 amide bonds. The Morgan fingerprint density at radius 3 is 2.86 bits per heavy atom. The maximum absolute atomic E-state index is 13.6. The van der Waals surface area contributed by atoms with E-state index in [0.29, 0.717) is 5.56 Å². The van der Waals surface area contributed by atoms with E-state index in [1.807, 2.05) is 0 Å². The van der Waals surface area contributed by atoms with Crippen LogP contribution in [0.15, 0.2) is 23.1 Å². The van der Waals surface area contributed by atoms with Gasteiger partial charge in [0.2, 0.25) is 0 Å². The molecule has 0 N–H and O–H groups in total. The van der Waals surface area contributed by atoms with E-state index >= 15 is 0 Å². The zero-order chi connectivity index (χ0) is 15.6. The summed E-state index contributed by atoms with van der Waals surface area (Å²) in [6, 6.07) is 4.22. The summed E-state index contributed by atoms with van der Waals surface area (Å²) in [7, 11) is 1.35. The molecular formula is C13H9FNO4S2-. The maximum Gasteiger partial charge on any atom is 0.266 e. The summed E-state index contributed by atoms with van der Waals surface area (Å²) in [4.78, 5) is 23.7. The number of hydrogen-bond donors (Lipinski definition) is 0.